The summed E-state index contributed by atoms with van der Waals surface area (Å²) in [7, 11) is 0. The van der Waals surface area contributed by atoms with Crippen molar-refractivity contribution in [3.05, 3.63) is 34.3 Å². The summed E-state index contributed by atoms with van der Waals surface area (Å²) in [6, 6.07) is 3.53. The molecule has 2 heterocycles. The lowest BCUT2D eigenvalue weighted by Gasteiger charge is -1.93. The fourth-order valence-electron chi connectivity index (χ4n) is 1.23. The normalized spacial score (nSPS) is 10.8. The van der Waals surface area contributed by atoms with Crippen molar-refractivity contribution in [3.8, 4) is 0 Å². The second-order valence-corrected chi connectivity index (χ2v) is 2.68. The zero-order valence-corrected chi connectivity index (χ0v) is 6.76. The smallest absolute Gasteiger partial charge is 0.251 e. The van der Waals surface area contributed by atoms with Gasteiger partial charge in [-0.1, -0.05) is 6.92 Å². The van der Waals surface area contributed by atoms with Crippen LogP contribution in [0.2, 0.25) is 0 Å². The molecule has 0 fully saturated rings. The summed E-state index contributed by atoms with van der Waals surface area (Å²) >= 11 is 0. The molecule has 0 aliphatic carbocycles. The van der Waals surface area contributed by atoms with Crippen LogP contribution in [0.15, 0.2) is 27.6 Å². The Kier molecular flexibility index (Phi) is 1.50. The van der Waals surface area contributed by atoms with Crippen molar-refractivity contribution in [2.24, 2.45) is 0 Å². The average Bonchev–Trinajstić information content (AvgIpc) is 2.49. The van der Waals surface area contributed by atoms with Gasteiger partial charge >= 0.3 is 0 Å². The van der Waals surface area contributed by atoms with Crippen LogP contribution in [0, 0.1) is 0 Å². The molecule has 0 aliphatic rings. The number of pyridine rings is 1. The largest absolute Gasteiger partial charge is 0.463 e. The van der Waals surface area contributed by atoms with E-state index in [0.717, 1.165) is 23.1 Å². The van der Waals surface area contributed by atoms with Gasteiger partial charge in [-0.15, -0.1) is 0 Å². The average molecular weight is 163 g/mol. The molecule has 0 spiro atoms. The Labute approximate surface area is 69.0 Å². The van der Waals surface area contributed by atoms with Crippen molar-refractivity contribution >= 4 is 11.1 Å². The van der Waals surface area contributed by atoms with Crippen LogP contribution in [0.3, 0.4) is 0 Å². The third kappa shape index (κ3) is 0.942. The Morgan fingerprint density at radius 3 is 3.17 bits per heavy atom. The first-order chi connectivity index (χ1) is 5.81. The number of aromatic nitrogens is 1. The molecular formula is C9H9NO2. The standard InChI is InChI=1S/C9H9NO2/c1-2-6-5-8-7(3-4-12-8)10-9(6)11/h3-5H,2H2,1H3,(H,10,11). The molecule has 62 valence electrons. The topological polar surface area (TPSA) is 46.0 Å². The van der Waals surface area contributed by atoms with E-state index < -0.39 is 0 Å². The molecule has 2 rings (SSSR count). The fraction of sp³-hybridized carbons (Fsp3) is 0.222. The molecule has 0 amide bonds. The molecular weight excluding hydrogens is 154 g/mol. The predicted octanol–water partition coefficient (Wildman–Crippen LogP) is 1.68. The van der Waals surface area contributed by atoms with Gasteiger partial charge in [0.2, 0.25) is 0 Å². The molecule has 3 nitrogen and oxygen atoms in total. The zero-order valence-electron chi connectivity index (χ0n) is 6.76. The first-order valence-corrected chi connectivity index (χ1v) is 3.90. The van der Waals surface area contributed by atoms with E-state index in [-0.39, 0.29) is 5.56 Å². The predicted molar refractivity (Wildman–Crippen MR) is 46.2 cm³/mol. The lowest BCUT2D eigenvalue weighted by atomic mass is 10.2. The van der Waals surface area contributed by atoms with Gasteiger partial charge in [-0.05, 0) is 12.5 Å². The molecule has 0 atom stereocenters. The van der Waals surface area contributed by atoms with Gasteiger partial charge < -0.3 is 9.40 Å². The minimum atomic E-state index is -0.0219. The molecule has 0 aliphatic heterocycles. The van der Waals surface area contributed by atoms with Crippen molar-refractivity contribution in [1.82, 2.24) is 4.98 Å². The molecule has 0 radical (unpaired) electrons. The molecule has 0 saturated carbocycles. The van der Waals surface area contributed by atoms with Crippen LogP contribution >= 0.6 is 0 Å². The minimum Gasteiger partial charge on any atom is -0.463 e. The van der Waals surface area contributed by atoms with E-state index in [0.29, 0.717) is 0 Å². The number of aromatic amines is 1. The highest BCUT2D eigenvalue weighted by Crippen LogP contribution is 2.11. The van der Waals surface area contributed by atoms with Crippen LogP contribution in [0.25, 0.3) is 11.1 Å². The van der Waals surface area contributed by atoms with Crippen molar-refractivity contribution in [3.63, 3.8) is 0 Å². The van der Waals surface area contributed by atoms with Crippen molar-refractivity contribution in [2.75, 3.05) is 0 Å². The third-order valence-electron chi connectivity index (χ3n) is 1.92. The number of aryl methyl sites for hydroxylation is 1. The molecule has 1 N–H and O–H groups in total. The highest BCUT2D eigenvalue weighted by molar-refractivity contribution is 5.72. The molecule has 0 bridgehead atoms. The van der Waals surface area contributed by atoms with Gasteiger partial charge in [-0.25, -0.2) is 0 Å². The SMILES string of the molecule is CCc1cc2occc2[nH]c1=O. The van der Waals surface area contributed by atoms with Crippen molar-refractivity contribution in [2.45, 2.75) is 13.3 Å². The number of hydrogen-bond acceptors (Lipinski definition) is 2. The number of furan rings is 1. The van der Waals surface area contributed by atoms with Crippen LogP contribution in [0.1, 0.15) is 12.5 Å². The maximum Gasteiger partial charge on any atom is 0.251 e. The van der Waals surface area contributed by atoms with Gasteiger partial charge in [0.1, 0.15) is 0 Å². The van der Waals surface area contributed by atoms with E-state index in [1.165, 1.54) is 0 Å². The zero-order chi connectivity index (χ0) is 8.55. The van der Waals surface area contributed by atoms with E-state index in [1.807, 2.05) is 6.92 Å². The van der Waals surface area contributed by atoms with E-state index >= 15 is 0 Å². The highest BCUT2D eigenvalue weighted by atomic mass is 16.3. The summed E-state index contributed by atoms with van der Waals surface area (Å²) in [6.45, 7) is 1.94. The van der Waals surface area contributed by atoms with Gasteiger partial charge in [-0.3, -0.25) is 4.79 Å². The number of H-pyrrole nitrogens is 1. The Balaban J connectivity index is 2.82. The second-order valence-electron chi connectivity index (χ2n) is 2.68. The summed E-state index contributed by atoms with van der Waals surface area (Å²) in [5.41, 5.74) is 2.24. The van der Waals surface area contributed by atoms with E-state index in [1.54, 1.807) is 18.4 Å². The first kappa shape index (κ1) is 7.16. The second kappa shape index (κ2) is 2.52. The quantitative estimate of drug-likeness (QED) is 0.695. The molecule has 2 aromatic rings. The molecule has 0 unspecified atom stereocenters. The van der Waals surface area contributed by atoms with Crippen LogP contribution in [0.4, 0.5) is 0 Å². The number of fused-ring (bicyclic) bond motifs is 1. The third-order valence-corrected chi connectivity index (χ3v) is 1.92. The summed E-state index contributed by atoms with van der Waals surface area (Å²) < 4.78 is 5.15. The Morgan fingerprint density at radius 1 is 1.58 bits per heavy atom. The van der Waals surface area contributed by atoms with Gasteiger partial charge in [0.25, 0.3) is 5.56 Å². The molecule has 0 saturated heterocycles. The summed E-state index contributed by atoms with van der Waals surface area (Å²) in [4.78, 5) is 14.0. The highest BCUT2D eigenvalue weighted by Gasteiger charge is 2.01. The van der Waals surface area contributed by atoms with Gasteiger partial charge in [0, 0.05) is 11.6 Å². The molecule has 2 aromatic heterocycles. The minimum absolute atomic E-state index is 0.0219. The maximum absolute atomic E-state index is 11.3. The van der Waals surface area contributed by atoms with E-state index in [2.05, 4.69) is 4.98 Å². The van der Waals surface area contributed by atoms with Crippen LogP contribution in [0.5, 0.6) is 0 Å². The summed E-state index contributed by atoms with van der Waals surface area (Å²) in [6.07, 6.45) is 2.30. The number of hydrogen-bond donors (Lipinski definition) is 1. The van der Waals surface area contributed by atoms with Crippen LogP contribution in [-0.4, -0.2) is 4.98 Å². The Bertz CT molecular complexity index is 453. The van der Waals surface area contributed by atoms with Gasteiger partial charge in [0.15, 0.2) is 5.58 Å². The lowest BCUT2D eigenvalue weighted by molar-refractivity contribution is 0.614. The molecule has 0 aromatic carbocycles. The van der Waals surface area contributed by atoms with Crippen molar-refractivity contribution < 1.29 is 4.42 Å². The summed E-state index contributed by atoms with van der Waals surface area (Å²) in [5.74, 6) is 0. The van der Waals surface area contributed by atoms with Crippen LogP contribution in [-0.2, 0) is 6.42 Å². The monoisotopic (exact) mass is 163 g/mol. The van der Waals surface area contributed by atoms with Gasteiger partial charge in [-0.2, -0.15) is 0 Å². The van der Waals surface area contributed by atoms with E-state index in [4.69, 9.17) is 4.42 Å². The molecule has 3 heteroatoms. The Morgan fingerprint density at radius 2 is 2.42 bits per heavy atom. The fourth-order valence-corrected chi connectivity index (χ4v) is 1.23. The first-order valence-electron chi connectivity index (χ1n) is 3.90. The molecule has 12 heavy (non-hydrogen) atoms. The number of nitrogens with one attached hydrogen (secondary N) is 1. The van der Waals surface area contributed by atoms with Crippen molar-refractivity contribution in [1.29, 1.82) is 0 Å². The van der Waals surface area contributed by atoms with Gasteiger partial charge in [0.05, 0.1) is 11.8 Å². The Hall–Kier alpha value is -1.51. The maximum atomic E-state index is 11.3. The number of rotatable bonds is 1. The van der Waals surface area contributed by atoms with E-state index in [9.17, 15) is 4.79 Å². The summed E-state index contributed by atoms with van der Waals surface area (Å²) in [5, 5.41) is 0. The van der Waals surface area contributed by atoms with Crippen LogP contribution < -0.4 is 5.56 Å². The lowest BCUT2D eigenvalue weighted by Crippen LogP contribution is -2.10.